The van der Waals surface area contributed by atoms with E-state index in [9.17, 15) is 4.79 Å². The van der Waals surface area contributed by atoms with E-state index >= 15 is 0 Å². The Morgan fingerprint density at radius 3 is 2.57 bits per heavy atom. The van der Waals surface area contributed by atoms with Crippen molar-refractivity contribution in [1.82, 2.24) is 10.3 Å². The lowest BCUT2D eigenvalue weighted by atomic mass is 10.0. The number of carbonyl (C=O) groups is 1. The Morgan fingerprint density at radius 2 is 1.86 bits per heavy atom. The van der Waals surface area contributed by atoms with Gasteiger partial charge in [-0.3, -0.25) is 4.90 Å². The van der Waals surface area contributed by atoms with Crippen LogP contribution < -0.4 is 15.5 Å². The molecule has 0 aliphatic carbocycles. The van der Waals surface area contributed by atoms with Crippen LogP contribution in [0.25, 0.3) is 0 Å². The molecular formula is C22H28N4O2. The van der Waals surface area contributed by atoms with Gasteiger partial charge in [-0.25, -0.2) is 10.2 Å². The summed E-state index contributed by atoms with van der Waals surface area (Å²) in [6.07, 6.45) is 3.82. The molecule has 1 aliphatic heterocycles. The Morgan fingerprint density at radius 1 is 1.11 bits per heavy atom. The van der Waals surface area contributed by atoms with Crippen LogP contribution in [-0.4, -0.2) is 36.8 Å². The summed E-state index contributed by atoms with van der Waals surface area (Å²) in [5, 5.41) is 6.98. The maximum atomic E-state index is 12.0. The molecule has 0 bridgehead atoms. The number of nitrogens with zero attached hydrogens (tertiary/aromatic N) is 2. The molecular weight excluding hydrogens is 352 g/mol. The molecule has 0 atom stereocenters. The molecule has 3 rings (SSSR count). The zero-order valence-electron chi connectivity index (χ0n) is 16.6. The molecule has 1 aliphatic rings. The lowest BCUT2D eigenvalue weighted by Crippen LogP contribution is -2.29. The van der Waals surface area contributed by atoms with E-state index in [4.69, 9.17) is 4.74 Å². The van der Waals surface area contributed by atoms with E-state index in [2.05, 4.69) is 26.8 Å². The SMILES string of the molecule is COc1ccc(/C(C)=N\NC(=O)Nc2ccccc2)cc1CN1CCCCC1. The highest BCUT2D eigenvalue weighted by molar-refractivity contribution is 6.00. The van der Waals surface area contributed by atoms with E-state index in [1.54, 1.807) is 7.11 Å². The van der Waals surface area contributed by atoms with Gasteiger partial charge in [-0.2, -0.15) is 5.10 Å². The highest BCUT2D eigenvalue weighted by Gasteiger charge is 2.14. The Bertz CT molecular complexity index is 815. The van der Waals surface area contributed by atoms with Gasteiger partial charge in [0.2, 0.25) is 0 Å². The van der Waals surface area contributed by atoms with Crippen molar-refractivity contribution < 1.29 is 9.53 Å². The van der Waals surface area contributed by atoms with Gasteiger partial charge in [0, 0.05) is 17.8 Å². The van der Waals surface area contributed by atoms with Crippen LogP contribution in [0, 0.1) is 0 Å². The normalized spacial score (nSPS) is 15.1. The Hall–Kier alpha value is -2.86. The molecule has 1 fully saturated rings. The first kappa shape index (κ1) is 19.9. The third-order valence-electron chi connectivity index (χ3n) is 4.90. The predicted molar refractivity (Wildman–Crippen MR) is 113 cm³/mol. The quantitative estimate of drug-likeness (QED) is 0.582. The topological polar surface area (TPSA) is 66.0 Å². The smallest absolute Gasteiger partial charge is 0.339 e. The minimum Gasteiger partial charge on any atom is -0.496 e. The van der Waals surface area contributed by atoms with Crippen molar-refractivity contribution in [1.29, 1.82) is 0 Å². The number of para-hydroxylation sites is 1. The van der Waals surface area contributed by atoms with E-state index in [0.29, 0.717) is 0 Å². The molecule has 0 spiro atoms. The Labute approximate surface area is 166 Å². The molecule has 148 valence electrons. The van der Waals surface area contributed by atoms with Crippen LogP contribution in [0.3, 0.4) is 0 Å². The number of likely N-dealkylation sites (tertiary alicyclic amines) is 1. The Balaban J connectivity index is 1.66. The van der Waals surface area contributed by atoms with Gasteiger partial charge in [-0.15, -0.1) is 0 Å². The summed E-state index contributed by atoms with van der Waals surface area (Å²) < 4.78 is 5.54. The highest BCUT2D eigenvalue weighted by atomic mass is 16.5. The van der Waals surface area contributed by atoms with E-state index in [1.165, 1.54) is 19.3 Å². The molecule has 2 amide bonds. The summed E-state index contributed by atoms with van der Waals surface area (Å²) in [7, 11) is 1.70. The summed E-state index contributed by atoms with van der Waals surface area (Å²) in [6.45, 7) is 5.00. The van der Waals surface area contributed by atoms with Gasteiger partial charge in [-0.1, -0.05) is 24.6 Å². The number of methoxy groups -OCH3 is 1. The van der Waals surface area contributed by atoms with E-state index in [-0.39, 0.29) is 6.03 Å². The van der Waals surface area contributed by atoms with Gasteiger partial charge in [-0.05, 0) is 68.8 Å². The average Bonchev–Trinajstić information content (AvgIpc) is 2.73. The third kappa shape index (κ3) is 5.57. The predicted octanol–water partition coefficient (Wildman–Crippen LogP) is 4.23. The Kier molecular flexibility index (Phi) is 7.03. The zero-order chi connectivity index (χ0) is 19.8. The van der Waals surface area contributed by atoms with Crippen LogP contribution in [-0.2, 0) is 6.54 Å². The van der Waals surface area contributed by atoms with Crippen LogP contribution in [0.15, 0.2) is 53.6 Å². The molecule has 2 aromatic rings. The van der Waals surface area contributed by atoms with Gasteiger partial charge < -0.3 is 10.1 Å². The van der Waals surface area contributed by atoms with Crippen LogP contribution >= 0.6 is 0 Å². The van der Waals surface area contributed by atoms with E-state index in [1.807, 2.05) is 49.4 Å². The number of rotatable bonds is 6. The minimum absolute atomic E-state index is 0.368. The molecule has 0 saturated carbocycles. The number of nitrogens with one attached hydrogen (secondary N) is 2. The summed E-state index contributed by atoms with van der Waals surface area (Å²) in [5.74, 6) is 0.886. The number of piperidine rings is 1. The molecule has 0 aromatic heterocycles. The molecule has 2 aromatic carbocycles. The lowest BCUT2D eigenvalue weighted by molar-refractivity contribution is 0.218. The number of carbonyl (C=O) groups excluding carboxylic acids is 1. The first-order valence-corrected chi connectivity index (χ1v) is 9.71. The fraction of sp³-hybridized carbons (Fsp3) is 0.364. The highest BCUT2D eigenvalue weighted by Crippen LogP contribution is 2.23. The van der Waals surface area contributed by atoms with Crippen molar-refractivity contribution in [2.24, 2.45) is 5.10 Å². The number of urea groups is 1. The average molecular weight is 380 g/mol. The minimum atomic E-state index is -0.368. The first-order valence-electron chi connectivity index (χ1n) is 9.71. The fourth-order valence-corrected chi connectivity index (χ4v) is 3.37. The lowest BCUT2D eigenvalue weighted by Gasteiger charge is -2.27. The number of amides is 2. The monoisotopic (exact) mass is 380 g/mol. The maximum absolute atomic E-state index is 12.0. The summed E-state index contributed by atoms with van der Waals surface area (Å²) in [6, 6.07) is 15.0. The van der Waals surface area contributed by atoms with Gasteiger partial charge in [0.25, 0.3) is 0 Å². The van der Waals surface area contributed by atoms with Crippen molar-refractivity contribution in [3.63, 3.8) is 0 Å². The molecule has 2 N–H and O–H groups in total. The van der Waals surface area contributed by atoms with E-state index in [0.717, 1.165) is 47.9 Å². The summed E-state index contributed by atoms with van der Waals surface area (Å²) in [4.78, 5) is 14.5. The van der Waals surface area contributed by atoms with E-state index < -0.39 is 0 Å². The zero-order valence-corrected chi connectivity index (χ0v) is 16.6. The molecule has 1 heterocycles. The molecule has 0 radical (unpaired) electrons. The second-order valence-electron chi connectivity index (χ2n) is 6.99. The third-order valence-corrected chi connectivity index (χ3v) is 4.90. The van der Waals surface area contributed by atoms with Gasteiger partial charge in [0.1, 0.15) is 5.75 Å². The molecule has 28 heavy (non-hydrogen) atoms. The first-order chi connectivity index (χ1) is 13.7. The van der Waals surface area contributed by atoms with Gasteiger partial charge >= 0.3 is 6.03 Å². The summed E-state index contributed by atoms with van der Waals surface area (Å²) in [5.41, 5.74) is 6.13. The molecule has 1 saturated heterocycles. The largest absolute Gasteiger partial charge is 0.496 e. The van der Waals surface area contributed by atoms with Gasteiger partial charge in [0.15, 0.2) is 0 Å². The van der Waals surface area contributed by atoms with Crippen molar-refractivity contribution >= 4 is 17.4 Å². The van der Waals surface area contributed by atoms with Crippen molar-refractivity contribution in [3.8, 4) is 5.75 Å². The van der Waals surface area contributed by atoms with Crippen molar-refractivity contribution in [2.75, 3.05) is 25.5 Å². The molecule has 6 heteroatoms. The maximum Gasteiger partial charge on any atom is 0.339 e. The summed E-state index contributed by atoms with van der Waals surface area (Å²) >= 11 is 0. The second-order valence-corrected chi connectivity index (χ2v) is 6.99. The van der Waals surface area contributed by atoms with Crippen LogP contribution in [0.2, 0.25) is 0 Å². The van der Waals surface area contributed by atoms with Crippen LogP contribution in [0.4, 0.5) is 10.5 Å². The van der Waals surface area contributed by atoms with Gasteiger partial charge in [0.05, 0.1) is 12.8 Å². The number of hydrogen-bond acceptors (Lipinski definition) is 4. The number of benzene rings is 2. The molecule has 6 nitrogen and oxygen atoms in total. The van der Waals surface area contributed by atoms with Crippen LogP contribution in [0.5, 0.6) is 5.75 Å². The number of hydrazone groups is 1. The standard InChI is InChI=1S/C22H28N4O2/c1-17(24-25-22(27)23-20-9-5-3-6-10-20)18-11-12-21(28-2)19(15-18)16-26-13-7-4-8-14-26/h3,5-6,9-12,15H,4,7-8,13-14,16H2,1-2H3,(H2,23,25,27)/b24-17-. The fourth-order valence-electron chi connectivity index (χ4n) is 3.37. The van der Waals surface area contributed by atoms with Crippen molar-refractivity contribution in [3.05, 3.63) is 59.7 Å². The van der Waals surface area contributed by atoms with Crippen molar-refractivity contribution in [2.45, 2.75) is 32.7 Å². The number of anilines is 1. The number of ether oxygens (including phenoxy) is 1. The second kappa shape index (κ2) is 9.90. The number of hydrogen-bond donors (Lipinski definition) is 2. The molecule has 0 unspecified atom stereocenters. The van der Waals surface area contributed by atoms with Crippen LogP contribution in [0.1, 0.15) is 37.3 Å².